The maximum Gasteiger partial charge on any atom is 0.0462 e. The van der Waals surface area contributed by atoms with E-state index in [1.54, 1.807) is 7.11 Å². The van der Waals surface area contributed by atoms with Crippen LogP contribution in [0, 0.1) is 17.3 Å². The number of hydrogen-bond donors (Lipinski definition) is 1. The monoisotopic (exact) mass is 255 g/mol. The Morgan fingerprint density at radius 1 is 1.22 bits per heavy atom. The van der Waals surface area contributed by atoms with E-state index in [4.69, 9.17) is 4.74 Å². The topological polar surface area (TPSA) is 21.3 Å². The molecule has 0 aromatic heterocycles. The molecule has 0 aromatic carbocycles. The Labute approximate surface area is 114 Å². The van der Waals surface area contributed by atoms with Gasteiger partial charge in [0, 0.05) is 19.8 Å². The Kier molecular flexibility index (Phi) is 6.65. The number of rotatable bonds is 7. The zero-order chi connectivity index (χ0) is 13.6. The summed E-state index contributed by atoms with van der Waals surface area (Å²) in [5.41, 5.74) is 0.460. The maximum absolute atomic E-state index is 5.15. The molecular weight excluding hydrogens is 222 g/mol. The number of unbranched alkanes of at least 4 members (excludes halogenated alkanes) is 1. The van der Waals surface area contributed by atoms with Crippen molar-refractivity contribution in [3.8, 4) is 0 Å². The van der Waals surface area contributed by atoms with E-state index >= 15 is 0 Å². The maximum atomic E-state index is 5.15. The van der Waals surface area contributed by atoms with Gasteiger partial charge in [0.05, 0.1) is 0 Å². The van der Waals surface area contributed by atoms with E-state index in [2.05, 4.69) is 33.1 Å². The highest BCUT2D eigenvalue weighted by Gasteiger charge is 2.37. The van der Waals surface area contributed by atoms with Crippen LogP contribution in [0.2, 0.25) is 0 Å². The minimum Gasteiger partial charge on any atom is -0.385 e. The number of hydrogen-bond acceptors (Lipinski definition) is 2. The third-order valence-electron chi connectivity index (χ3n) is 4.91. The largest absolute Gasteiger partial charge is 0.385 e. The van der Waals surface area contributed by atoms with Crippen LogP contribution in [-0.2, 0) is 4.74 Å². The Bertz CT molecular complexity index is 227. The predicted octanol–water partition coefficient (Wildman–Crippen LogP) is 3.85. The number of ether oxygens (including phenoxy) is 1. The van der Waals surface area contributed by atoms with E-state index in [0.29, 0.717) is 11.5 Å². The van der Waals surface area contributed by atoms with Crippen LogP contribution in [0.25, 0.3) is 0 Å². The van der Waals surface area contributed by atoms with E-state index in [9.17, 15) is 0 Å². The van der Waals surface area contributed by atoms with Gasteiger partial charge in [0.2, 0.25) is 0 Å². The lowest BCUT2D eigenvalue weighted by molar-refractivity contribution is 0.0851. The molecule has 1 aliphatic carbocycles. The summed E-state index contributed by atoms with van der Waals surface area (Å²) < 4.78 is 5.15. The molecule has 0 spiro atoms. The van der Waals surface area contributed by atoms with Crippen LogP contribution in [0.3, 0.4) is 0 Å². The van der Waals surface area contributed by atoms with Gasteiger partial charge in [0.25, 0.3) is 0 Å². The molecule has 108 valence electrons. The van der Waals surface area contributed by atoms with Crippen molar-refractivity contribution in [3.05, 3.63) is 0 Å². The van der Waals surface area contributed by atoms with Crippen LogP contribution in [0.1, 0.15) is 59.3 Å². The molecule has 0 aliphatic heterocycles. The first kappa shape index (κ1) is 16.0. The van der Waals surface area contributed by atoms with Crippen LogP contribution in [0.4, 0.5) is 0 Å². The van der Waals surface area contributed by atoms with E-state index in [1.165, 1.54) is 38.5 Å². The van der Waals surface area contributed by atoms with Crippen molar-refractivity contribution in [2.75, 3.05) is 20.8 Å². The molecule has 2 heteroatoms. The molecule has 0 bridgehead atoms. The fraction of sp³-hybridized carbons (Fsp3) is 1.00. The average Bonchev–Trinajstić information content (AvgIpc) is 2.34. The summed E-state index contributed by atoms with van der Waals surface area (Å²) in [6.45, 7) is 8.23. The zero-order valence-electron chi connectivity index (χ0n) is 13.1. The SMILES string of the molecule is CNC1CC(C)CCC1C(C)(C)CCCCOC. The van der Waals surface area contributed by atoms with E-state index in [0.717, 1.165) is 18.4 Å². The van der Waals surface area contributed by atoms with Gasteiger partial charge < -0.3 is 10.1 Å². The van der Waals surface area contributed by atoms with Gasteiger partial charge in [-0.3, -0.25) is 0 Å². The van der Waals surface area contributed by atoms with Crippen molar-refractivity contribution in [1.82, 2.24) is 5.32 Å². The Morgan fingerprint density at radius 2 is 1.94 bits per heavy atom. The molecule has 0 radical (unpaired) electrons. The number of nitrogens with one attached hydrogen (secondary N) is 1. The summed E-state index contributed by atoms with van der Waals surface area (Å²) in [5, 5.41) is 3.57. The Balaban J connectivity index is 2.48. The number of methoxy groups -OCH3 is 1. The van der Waals surface area contributed by atoms with Crippen LogP contribution in [0.5, 0.6) is 0 Å². The zero-order valence-corrected chi connectivity index (χ0v) is 13.1. The molecule has 0 aromatic rings. The van der Waals surface area contributed by atoms with E-state index in [1.807, 2.05) is 0 Å². The predicted molar refractivity (Wildman–Crippen MR) is 78.9 cm³/mol. The van der Waals surface area contributed by atoms with Crippen LogP contribution in [0.15, 0.2) is 0 Å². The highest BCUT2D eigenvalue weighted by Crippen LogP contribution is 2.43. The standard InChI is InChI=1S/C16H33NO/c1-13-8-9-14(15(12-13)17-4)16(2,3)10-6-7-11-18-5/h13-15,17H,6-12H2,1-5H3. The van der Waals surface area contributed by atoms with Crippen molar-refractivity contribution in [2.24, 2.45) is 17.3 Å². The molecule has 1 N–H and O–H groups in total. The lowest BCUT2D eigenvalue weighted by atomic mass is 9.64. The molecule has 1 saturated carbocycles. The summed E-state index contributed by atoms with van der Waals surface area (Å²) in [6, 6.07) is 0.714. The summed E-state index contributed by atoms with van der Waals surface area (Å²) in [6.07, 6.45) is 7.97. The van der Waals surface area contributed by atoms with Gasteiger partial charge in [-0.05, 0) is 50.0 Å². The molecule has 1 aliphatic rings. The molecule has 0 heterocycles. The summed E-state index contributed by atoms with van der Waals surface area (Å²) in [7, 11) is 3.93. The average molecular weight is 255 g/mol. The first-order chi connectivity index (χ1) is 8.51. The highest BCUT2D eigenvalue weighted by atomic mass is 16.5. The second kappa shape index (κ2) is 7.49. The quantitative estimate of drug-likeness (QED) is 0.698. The second-order valence-corrected chi connectivity index (χ2v) is 6.86. The first-order valence-electron chi connectivity index (χ1n) is 7.67. The van der Waals surface area contributed by atoms with Gasteiger partial charge in [-0.25, -0.2) is 0 Å². The lowest BCUT2D eigenvalue weighted by Crippen LogP contribution is -2.45. The minimum atomic E-state index is 0.460. The van der Waals surface area contributed by atoms with Gasteiger partial charge in [0.15, 0.2) is 0 Å². The van der Waals surface area contributed by atoms with Gasteiger partial charge >= 0.3 is 0 Å². The second-order valence-electron chi connectivity index (χ2n) is 6.86. The van der Waals surface area contributed by atoms with Gasteiger partial charge in [-0.15, -0.1) is 0 Å². The molecule has 2 nitrogen and oxygen atoms in total. The van der Waals surface area contributed by atoms with Crippen LogP contribution >= 0.6 is 0 Å². The third kappa shape index (κ3) is 4.55. The van der Waals surface area contributed by atoms with Crippen molar-refractivity contribution in [3.63, 3.8) is 0 Å². The lowest BCUT2D eigenvalue weighted by Gasteiger charge is -2.44. The van der Waals surface area contributed by atoms with Gasteiger partial charge in [0.1, 0.15) is 0 Å². The summed E-state index contributed by atoms with van der Waals surface area (Å²) in [4.78, 5) is 0. The van der Waals surface area contributed by atoms with Gasteiger partial charge in [-0.1, -0.05) is 33.6 Å². The Morgan fingerprint density at radius 3 is 2.56 bits per heavy atom. The molecule has 0 amide bonds. The molecule has 3 unspecified atom stereocenters. The molecule has 1 fully saturated rings. The normalized spacial score (nSPS) is 29.5. The van der Waals surface area contributed by atoms with E-state index < -0.39 is 0 Å². The van der Waals surface area contributed by atoms with E-state index in [-0.39, 0.29) is 0 Å². The molecule has 3 atom stereocenters. The Hall–Kier alpha value is -0.0800. The fourth-order valence-corrected chi connectivity index (χ4v) is 3.65. The van der Waals surface area contributed by atoms with Crippen molar-refractivity contribution < 1.29 is 4.74 Å². The summed E-state index contributed by atoms with van der Waals surface area (Å²) in [5.74, 6) is 1.73. The van der Waals surface area contributed by atoms with Crippen molar-refractivity contribution >= 4 is 0 Å². The smallest absolute Gasteiger partial charge is 0.0462 e. The molecule has 18 heavy (non-hydrogen) atoms. The van der Waals surface area contributed by atoms with Crippen LogP contribution in [-0.4, -0.2) is 26.8 Å². The highest BCUT2D eigenvalue weighted by molar-refractivity contribution is 4.91. The fourth-order valence-electron chi connectivity index (χ4n) is 3.65. The van der Waals surface area contributed by atoms with Crippen LogP contribution < -0.4 is 5.32 Å². The van der Waals surface area contributed by atoms with Crippen molar-refractivity contribution in [2.45, 2.75) is 65.3 Å². The third-order valence-corrected chi connectivity index (χ3v) is 4.91. The molecule has 0 saturated heterocycles. The first-order valence-corrected chi connectivity index (χ1v) is 7.67. The molecular formula is C16H33NO. The minimum absolute atomic E-state index is 0.460. The molecule has 1 rings (SSSR count). The van der Waals surface area contributed by atoms with Gasteiger partial charge in [-0.2, -0.15) is 0 Å². The van der Waals surface area contributed by atoms with Crippen molar-refractivity contribution in [1.29, 1.82) is 0 Å². The summed E-state index contributed by atoms with van der Waals surface area (Å²) >= 11 is 0.